The number of sulfonamides is 1. The molecule has 0 spiro atoms. The molecule has 0 bridgehead atoms. The van der Waals surface area contributed by atoms with Crippen molar-refractivity contribution in [3.05, 3.63) is 41.5 Å². The van der Waals surface area contributed by atoms with Gasteiger partial charge in [-0.05, 0) is 44.5 Å². The van der Waals surface area contributed by atoms with Crippen molar-refractivity contribution in [3.63, 3.8) is 0 Å². The molecule has 0 N–H and O–H groups in total. The van der Waals surface area contributed by atoms with E-state index in [0.717, 1.165) is 13.0 Å². The summed E-state index contributed by atoms with van der Waals surface area (Å²) in [7, 11) is -3.57. The van der Waals surface area contributed by atoms with Crippen LogP contribution in [0.1, 0.15) is 17.9 Å². The standard InChI is InChI=1S/C18H24FN3O4S/c1-14-18(15(2)26-20-14)27(23,24)22-11-9-21(10-12-22)8-3-13-25-17-6-4-16(19)5-7-17/h4-7H,3,8-13H2,1-2H3. The first-order chi connectivity index (χ1) is 12.9. The topological polar surface area (TPSA) is 75.9 Å². The number of hydrogen-bond acceptors (Lipinski definition) is 6. The molecule has 1 saturated heterocycles. The predicted octanol–water partition coefficient (Wildman–Crippen LogP) is 2.21. The second kappa shape index (κ2) is 8.37. The molecule has 0 unspecified atom stereocenters. The summed E-state index contributed by atoms with van der Waals surface area (Å²) in [6.45, 7) is 6.81. The lowest BCUT2D eigenvalue weighted by molar-refractivity contribution is 0.174. The third-order valence-electron chi connectivity index (χ3n) is 4.60. The second-order valence-electron chi connectivity index (χ2n) is 6.55. The number of halogens is 1. The third-order valence-corrected chi connectivity index (χ3v) is 6.74. The lowest BCUT2D eigenvalue weighted by Gasteiger charge is -2.33. The molecule has 1 aromatic heterocycles. The Morgan fingerprint density at radius 2 is 1.81 bits per heavy atom. The van der Waals surface area contributed by atoms with Gasteiger partial charge in [-0.25, -0.2) is 12.8 Å². The van der Waals surface area contributed by atoms with E-state index in [2.05, 4.69) is 10.1 Å². The third kappa shape index (κ3) is 4.66. The maximum Gasteiger partial charge on any atom is 0.248 e. The summed E-state index contributed by atoms with van der Waals surface area (Å²) in [4.78, 5) is 2.40. The summed E-state index contributed by atoms with van der Waals surface area (Å²) in [5.41, 5.74) is 0.396. The fraction of sp³-hybridized carbons (Fsp3) is 0.500. The molecule has 1 aliphatic rings. The first kappa shape index (κ1) is 19.8. The fourth-order valence-corrected chi connectivity index (χ4v) is 4.89. The number of benzene rings is 1. The van der Waals surface area contributed by atoms with Gasteiger partial charge in [-0.1, -0.05) is 5.16 Å². The van der Waals surface area contributed by atoms with Gasteiger partial charge in [-0.2, -0.15) is 4.31 Å². The number of piperazine rings is 1. The van der Waals surface area contributed by atoms with Crippen molar-refractivity contribution in [3.8, 4) is 5.75 Å². The van der Waals surface area contributed by atoms with Gasteiger partial charge in [0.1, 0.15) is 22.2 Å². The van der Waals surface area contributed by atoms with Crippen LogP contribution < -0.4 is 4.74 Å². The van der Waals surface area contributed by atoms with Gasteiger partial charge in [-0.3, -0.25) is 0 Å². The molecule has 1 aromatic carbocycles. The van der Waals surface area contributed by atoms with Gasteiger partial charge in [0.2, 0.25) is 10.0 Å². The Bertz CT molecular complexity index is 840. The molecule has 0 radical (unpaired) electrons. The van der Waals surface area contributed by atoms with E-state index in [1.165, 1.54) is 16.4 Å². The Hall–Kier alpha value is -1.97. The molecule has 0 aliphatic carbocycles. The van der Waals surface area contributed by atoms with Gasteiger partial charge in [0, 0.05) is 32.7 Å². The molecule has 0 atom stereocenters. The highest BCUT2D eigenvalue weighted by Gasteiger charge is 2.33. The molecule has 0 amide bonds. The van der Waals surface area contributed by atoms with E-state index in [-0.39, 0.29) is 10.7 Å². The van der Waals surface area contributed by atoms with Crippen LogP contribution in [0.3, 0.4) is 0 Å². The van der Waals surface area contributed by atoms with Crippen molar-refractivity contribution >= 4 is 10.0 Å². The van der Waals surface area contributed by atoms with Crippen LogP contribution in [0, 0.1) is 19.7 Å². The number of aryl methyl sites for hydroxylation is 2. The van der Waals surface area contributed by atoms with Crippen molar-refractivity contribution in [1.29, 1.82) is 0 Å². The molecule has 3 rings (SSSR count). The van der Waals surface area contributed by atoms with Gasteiger partial charge in [-0.15, -0.1) is 0 Å². The predicted molar refractivity (Wildman–Crippen MR) is 97.7 cm³/mol. The summed E-state index contributed by atoms with van der Waals surface area (Å²) in [5, 5.41) is 3.75. The van der Waals surface area contributed by atoms with E-state index < -0.39 is 10.0 Å². The summed E-state index contributed by atoms with van der Waals surface area (Å²) in [5.74, 6) is 0.686. The first-order valence-corrected chi connectivity index (χ1v) is 10.4. The van der Waals surface area contributed by atoms with Crippen molar-refractivity contribution in [2.24, 2.45) is 0 Å². The van der Waals surface area contributed by atoms with Gasteiger partial charge in [0.05, 0.1) is 6.61 Å². The average Bonchev–Trinajstić information content (AvgIpc) is 3.00. The minimum atomic E-state index is -3.57. The van der Waals surface area contributed by atoms with Crippen molar-refractivity contribution in [2.75, 3.05) is 39.3 Å². The summed E-state index contributed by atoms with van der Waals surface area (Å²) >= 11 is 0. The molecular formula is C18H24FN3O4S. The Morgan fingerprint density at radius 1 is 1.15 bits per heavy atom. The van der Waals surface area contributed by atoms with Gasteiger partial charge >= 0.3 is 0 Å². The number of nitrogens with zero attached hydrogens (tertiary/aromatic N) is 3. The van der Waals surface area contributed by atoms with Gasteiger partial charge in [0.15, 0.2) is 5.76 Å². The molecule has 1 aliphatic heterocycles. The Balaban J connectivity index is 1.44. The molecule has 9 heteroatoms. The molecule has 0 saturated carbocycles. The normalized spacial score (nSPS) is 16.6. The largest absolute Gasteiger partial charge is 0.494 e. The SMILES string of the molecule is Cc1noc(C)c1S(=O)(=O)N1CCN(CCCOc2ccc(F)cc2)CC1. The lowest BCUT2D eigenvalue weighted by atomic mass is 10.3. The van der Waals surface area contributed by atoms with Crippen LogP contribution in [0.15, 0.2) is 33.7 Å². The van der Waals surface area contributed by atoms with E-state index in [1.54, 1.807) is 26.0 Å². The van der Waals surface area contributed by atoms with Crippen molar-refractivity contribution in [2.45, 2.75) is 25.2 Å². The van der Waals surface area contributed by atoms with E-state index in [0.29, 0.717) is 50.0 Å². The average molecular weight is 397 g/mol. The zero-order chi connectivity index (χ0) is 19.4. The maximum atomic E-state index is 12.8. The number of aromatic nitrogens is 1. The van der Waals surface area contributed by atoms with E-state index in [1.807, 2.05) is 0 Å². The summed E-state index contributed by atoms with van der Waals surface area (Å²) in [6, 6.07) is 5.95. The first-order valence-electron chi connectivity index (χ1n) is 8.91. The minimum absolute atomic E-state index is 0.184. The van der Waals surface area contributed by atoms with E-state index in [4.69, 9.17) is 9.26 Å². The Morgan fingerprint density at radius 3 is 2.41 bits per heavy atom. The maximum absolute atomic E-state index is 12.8. The molecule has 2 heterocycles. The quantitative estimate of drug-likeness (QED) is 0.667. The molecule has 148 valence electrons. The zero-order valence-corrected chi connectivity index (χ0v) is 16.3. The molecule has 2 aromatic rings. The zero-order valence-electron chi connectivity index (χ0n) is 15.5. The van der Waals surface area contributed by atoms with Crippen LogP contribution in [0.4, 0.5) is 4.39 Å². The minimum Gasteiger partial charge on any atom is -0.494 e. The smallest absolute Gasteiger partial charge is 0.248 e. The monoisotopic (exact) mass is 397 g/mol. The van der Waals surface area contributed by atoms with Gasteiger partial charge < -0.3 is 14.2 Å². The fourth-order valence-electron chi connectivity index (χ4n) is 3.17. The lowest BCUT2D eigenvalue weighted by Crippen LogP contribution is -2.49. The molecule has 7 nitrogen and oxygen atoms in total. The van der Waals surface area contributed by atoms with Crippen LogP contribution in [-0.2, 0) is 10.0 Å². The second-order valence-corrected chi connectivity index (χ2v) is 8.43. The Kier molecular flexibility index (Phi) is 6.13. The number of ether oxygens (including phenoxy) is 1. The van der Waals surface area contributed by atoms with Crippen LogP contribution in [0.25, 0.3) is 0 Å². The molecule has 1 fully saturated rings. The van der Waals surface area contributed by atoms with Crippen LogP contribution in [0.2, 0.25) is 0 Å². The highest BCUT2D eigenvalue weighted by molar-refractivity contribution is 7.89. The number of rotatable bonds is 7. The van der Waals surface area contributed by atoms with E-state index in [9.17, 15) is 12.8 Å². The van der Waals surface area contributed by atoms with Crippen LogP contribution >= 0.6 is 0 Å². The molecular weight excluding hydrogens is 373 g/mol. The molecule has 27 heavy (non-hydrogen) atoms. The highest BCUT2D eigenvalue weighted by Crippen LogP contribution is 2.24. The van der Waals surface area contributed by atoms with Crippen LogP contribution in [-0.4, -0.2) is 62.1 Å². The van der Waals surface area contributed by atoms with Crippen molar-refractivity contribution < 1.29 is 22.1 Å². The van der Waals surface area contributed by atoms with Gasteiger partial charge in [0.25, 0.3) is 0 Å². The summed E-state index contributed by atoms with van der Waals surface area (Å²) < 4.78 is 50.5. The number of hydrogen-bond donors (Lipinski definition) is 0. The van der Waals surface area contributed by atoms with E-state index >= 15 is 0 Å². The van der Waals surface area contributed by atoms with Crippen molar-refractivity contribution in [1.82, 2.24) is 14.4 Å². The Labute approximate surface area is 158 Å². The van der Waals surface area contributed by atoms with Crippen LogP contribution in [0.5, 0.6) is 5.75 Å². The summed E-state index contributed by atoms with van der Waals surface area (Å²) in [6.07, 6.45) is 0.813. The highest BCUT2D eigenvalue weighted by atomic mass is 32.2.